The van der Waals surface area contributed by atoms with E-state index < -0.39 is 35.4 Å². The van der Waals surface area contributed by atoms with Crippen molar-refractivity contribution in [3.63, 3.8) is 0 Å². The van der Waals surface area contributed by atoms with Gasteiger partial charge in [0, 0.05) is 16.8 Å². The van der Waals surface area contributed by atoms with Gasteiger partial charge in [0.1, 0.15) is 5.69 Å². The molecule has 218 valence electrons. The number of pyridine rings is 1. The maximum Gasteiger partial charge on any atom is 0.452 e. The Morgan fingerprint density at radius 2 is 1.80 bits per heavy atom. The molecule has 1 aliphatic heterocycles. The van der Waals surface area contributed by atoms with E-state index in [0.717, 1.165) is 5.12 Å². The molecule has 11 nitrogen and oxygen atoms in total. The number of hydrogen-bond donors (Lipinski definition) is 4. The molecule has 0 bridgehead atoms. The molecule has 4 N–H and O–H groups in total. The standard InChI is InChI=1S/C25H26Cl2F3N9O2/c1-12-9-14(26)10-15(21(40)33-24(3,4)5)19(12)32-22(41)18-11-17(35-38(18)20-16(27)7-6-8-31-20)13(2)39-36-23(34-37-39)25(28,29)30/h6-11,13,37H,1-5H3,(H,32,41)(H,33,40)(H,34,36). The Morgan fingerprint density at radius 1 is 1.10 bits per heavy atom. The zero-order valence-electron chi connectivity index (χ0n) is 22.5. The van der Waals surface area contributed by atoms with Crippen LogP contribution in [0.2, 0.25) is 10.0 Å². The third-order valence-electron chi connectivity index (χ3n) is 5.75. The molecule has 1 atom stereocenters. The van der Waals surface area contributed by atoms with E-state index in [2.05, 4.69) is 36.8 Å². The number of hydrazine groups is 2. The fraction of sp³-hybridized carbons (Fsp3) is 0.320. The molecule has 41 heavy (non-hydrogen) atoms. The number of amidine groups is 1. The summed E-state index contributed by atoms with van der Waals surface area (Å²) in [6, 6.07) is 6.67. The lowest BCUT2D eigenvalue weighted by molar-refractivity contribution is -0.0640. The summed E-state index contributed by atoms with van der Waals surface area (Å²) in [6.07, 6.45) is -3.26. The third-order valence-corrected chi connectivity index (χ3v) is 6.27. The number of anilines is 1. The first kappa shape index (κ1) is 30.1. The minimum absolute atomic E-state index is 0.0554. The van der Waals surface area contributed by atoms with Gasteiger partial charge in [-0.2, -0.15) is 18.3 Å². The lowest BCUT2D eigenvalue weighted by Gasteiger charge is -2.22. The largest absolute Gasteiger partial charge is 0.452 e. The number of hydrazone groups is 1. The first-order valence-corrected chi connectivity index (χ1v) is 12.9. The van der Waals surface area contributed by atoms with Gasteiger partial charge in [-0.1, -0.05) is 23.2 Å². The molecule has 1 aliphatic rings. The van der Waals surface area contributed by atoms with Gasteiger partial charge in [-0.25, -0.2) is 15.2 Å². The van der Waals surface area contributed by atoms with Gasteiger partial charge in [0.2, 0.25) is 5.84 Å². The highest BCUT2D eigenvalue weighted by molar-refractivity contribution is 6.32. The summed E-state index contributed by atoms with van der Waals surface area (Å²) in [5.41, 5.74) is 4.79. The molecular formula is C25H26Cl2F3N9O2. The third kappa shape index (κ3) is 6.72. The van der Waals surface area contributed by atoms with Crippen molar-refractivity contribution in [2.75, 3.05) is 5.32 Å². The minimum Gasteiger partial charge on any atom is -0.347 e. The van der Waals surface area contributed by atoms with Gasteiger partial charge >= 0.3 is 6.18 Å². The monoisotopic (exact) mass is 611 g/mol. The highest BCUT2D eigenvalue weighted by Crippen LogP contribution is 2.29. The topological polar surface area (TPSA) is 129 Å². The van der Waals surface area contributed by atoms with Crippen molar-refractivity contribution in [2.24, 2.45) is 5.10 Å². The van der Waals surface area contributed by atoms with Gasteiger partial charge in [0.15, 0.2) is 5.82 Å². The molecule has 0 saturated carbocycles. The SMILES string of the molecule is Cc1cc(Cl)cc(C(=O)NC(C)(C)C)c1NC(=O)c1cc(C(C)N2NN=C(C(F)(F)F)N2)nn1-c1ncccc1Cl. The van der Waals surface area contributed by atoms with Crippen LogP contribution in [0, 0.1) is 6.92 Å². The Labute approximate surface area is 243 Å². The minimum atomic E-state index is -4.71. The second kappa shape index (κ2) is 11.2. The predicted molar refractivity (Wildman–Crippen MR) is 148 cm³/mol. The van der Waals surface area contributed by atoms with Crippen LogP contribution in [0.25, 0.3) is 5.82 Å². The van der Waals surface area contributed by atoms with Crippen LogP contribution in [0.4, 0.5) is 18.9 Å². The van der Waals surface area contributed by atoms with Gasteiger partial charge < -0.3 is 10.6 Å². The molecule has 2 amide bonds. The zero-order valence-corrected chi connectivity index (χ0v) is 24.0. The van der Waals surface area contributed by atoms with Crippen molar-refractivity contribution in [3.8, 4) is 5.82 Å². The Bertz CT molecular complexity index is 1530. The molecule has 0 radical (unpaired) electrons. The predicted octanol–water partition coefficient (Wildman–Crippen LogP) is 4.92. The molecule has 0 fully saturated rings. The van der Waals surface area contributed by atoms with Crippen molar-refractivity contribution in [3.05, 3.63) is 69.1 Å². The summed E-state index contributed by atoms with van der Waals surface area (Å²) in [4.78, 5) is 31.1. The van der Waals surface area contributed by atoms with E-state index in [9.17, 15) is 22.8 Å². The van der Waals surface area contributed by atoms with Crippen LogP contribution in [-0.4, -0.2) is 49.2 Å². The molecule has 3 aromatic rings. The zero-order chi connectivity index (χ0) is 30.3. The van der Waals surface area contributed by atoms with Crippen LogP contribution in [0.1, 0.15) is 65.8 Å². The van der Waals surface area contributed by atoms with E-state index in [1.165, 1.54) is 23.0 Å². The molecule has 1 aromatic carbocycles. The quantitative estimate of drug-likeness (QED) is 0.311. The number of benzene rings is 1. The number of amides is 2. The molecule has 1 unspecified atom stereocenters. The summed E-state index contributed by atoms with van der Waals surface area (Å²) in [7, 11) is 0. The van der Waals surface area contributed by atoms with Crippen molar-refractivity contribution < 1.29 is 22.8 Å². The molecule has 3 heterocycles. The second-order valence-corrected chi connectivity index (χ2v) is 11.0. The summed E-state index contributed by atoms with van der Waals surface area (Å²) in [5.74, 6) is -2.29. The highest BCUT2D eigenvalue weighted by atomic mass is 35.5. The van der Waals surface area contributed by atoms with Gasteiger partial charge in [0.05, 0.1) is 28.0 Å². The van der Waals surface area contributed by atoms with Crippen LogP contribution < -0.4 is 21.6 Å². The molecule has 2 aromatic heterocycles. The van der Waals surface area contributed by atoms with Crippen LogP contribution in [0.15, 0.2) is 41.6 Å². The molecule has 0 spiro atoms. The number of halogens is 5. The summed E-state index contributed by atoms with van der Waals surface area (Å²) in [6.45, 7) is 8.65. The Morgan fingerprint density at radius 3 is 2.41 bits per heavy atom. The van der Waals surface area contributed by atoms with Crippen molar-refractivity contribution in [1.82, 2.24) is 36.2 Å². The molecule has 0 saturated heterocycles. The fourth-order valence-electron chi connectivity index (χ4n) is 3.84. The molecule has 0 aliphatic carbocycles. The number of nitrogens with one attached hydrogen (secondary N) is 4. The lowest BCUT2D eigenvalue weighted by atomic mass is 10.0. The Balaban J connectivity index is 1.73. The number of aryl methyl sites for hydroxylation is 1. The maximum absolute atomic E-state index is 13.7. The van der Waals surface area contributed by atoms with Crippen molar-refractivity contribution in [2.45, 2.75) is 52.4 Å². The average molecular weight is 612 g/mol. The van der Waals surface area contributed by atoms with E-state index >= 15 is 0 Å². The second-order valence-electron chi connectivity index (χ2n) is 10.2. The molecular weight excluding hydrogens is 586 g/mol. The number of aromatic nitrogens is 3. The van der Waals surface area contributed by atoms with Crippen molar-refractivity contribution >= 4 is 46.5 Å². The maximum atomic E-state index is 13.7. The van der Waals surface area contributed by atoms with E-state index in [0.29, 0.717) is 10.6 Å². The van der Waals surface area contributed by atoms with Crippen LogP contribution in [0.5, 0.6) is 0 Å². The smallest absolute Gasteiger partial charge is 0.347 e. The molecule has 16 heteroatoms. The van der Waals surface area contributed by atoms with E-state index in [-0.39, 0.29) is 33.5 Å². The highest BCUT2D eigenvalue weighted by Gasteiger charge is 2.41. The first-order chi connectivity index (χ1) is 19.0. The Kier molecular flexibility index (Phi) is 8.21. The normalized spacial score (nSPS) is 14.6. The van der Waals surface area contributed by atoms with Gasteiger partial charge in [-0.15, -0.1) is 10.2 Å². The number of rotatable bonds is 6. The fourth-order valence-corrected chi connectivity index (χ4v) is 4.32. The number of carbonyl (C=O) groups is 2. The van der Waals surface area contributed by atoms with Gasteiger partial charge in [-0.3, -0.25) is 15.0 Å². The lowest BCUT2D eigenvalue weighted by Crippen LogP contribution is -2.46. The van der Waals surface area contributed by atoms with Crippen LogP contribution >= 0.6 is 23.2 Å². The number of nitrogens with zero attached hydrogens (tertiary/aromatic N) is 5. The number of alkyl halides is 3. The van der Waals surface area contributed by atoms with Crippen molar-refractivity contribution in [1.29, 1.82) is 0 Å². The van der Waals surface area contributed by atoms with E-state index in [1.807, 2.05) is 20.8 Å². The summed E-state index contributed by atoms with van der Waals surface area (Å²) in [5, 5.41) is 14.7. The number of carbonyl (C=O) groups excluding carboxylic acids is 2. The average Bonchev–Trinajstić information content (AvgIpc) is 3.52. The van der Waals surface area contributed by atoms with Crippen LogP contribution in [-0.2, 0) is 0 Å². The summed E-state index contributed by atoms with van der Waals surface area (Å²) >= 11 is 12.6. The Hall–Kier alpha value is -3.88. The van der Waals surface area contributed by atoms with Gasteiger partial charge in [-0.05, 0) is 70.5 Å². The number of hydrogen-bond acceptors (Lipinski definition) is 8. The van der Waals surface area contributed by atoms with E-state index in [1.54, 1.807) is 32.0 Å². The summed E-state index contributed by atoms with van der Waals surface area (Å²) < 4.78 is 40.4. The van der Waals surface area contributed by atoms with Gasteiger partial charge in [0.25, 0.3) is 11.8 Å². The molecule has 4 rings (SSSR count). The first-order valence-electron chi connectivity index (χ1n) is 12.2. The van der Waals surface area contributed by atoms with E-state index in [4.69, 9.17) is 23.2 Å². The van der Waals surface area contributed by atoms with Crippen LogP contribution in [0.3, 0.4) is 0 Å².